The second-order valence-corrected chi connectivity index (χ2v) is 3.95. The molecule has 104 valence electrons. The number of hydrogen-bond acceptors (Lipinski definition) is 3. The summed E-state index contributed by atoms with van der Waals surface area (Å²) in [7, 11) is 0. The zero-order valence-electron chi connectivity index (χ0n) is 9.66. The van der Waals surface area contributed by atoms with Crippen molar-refractivity contribution in [3.8, 4) is 11.5 Å². The van der Waals surface area contributed by atoms with Crippen LogP contribution in [-0.2, 0) is 0 Å². The molecule has 0 saturated heterocycles. The maximum atomic E-state index is 12.1. The number of hydrogen-bond donors (Lipinski definition) is 2. The van der Waals surface area contributed by atoms with Gasteiger partial charge in [0.25, 0.3) is 0 Å². The Labute approximate surface area is 106 Å². The minimum Gasteiger partial charge on any atom is -0.493 e. The van der Waals surface area contributed by atoms with Crippen LogP contribution in [0.1, 0.15) is 18.0 Å². The van der Waals surface area contributed by atoms with Crippen LogP contribution >= 0.6 is 0 Å². The maximum absolute atomic E-state index is 12.1. The normalized spacial score (nSPS) is 18.2. The molecule has 0 bridgehead atoms. The number of alkyl halides is 3. The second-order valence-electron chi connectivity index (χ2n) is 3.95. The lowest BCUT2D eigenvalue weighted by Gasteiger charge is -2.26. The SMILES string of the molecule is NC(=O)N[C@H]1CCOc2cc(OC(F)(F)F)ccc21. The van der Waals surface area contributed by atoms with Gasteiger partial charge in [-0.25, -0.2) is 4.79 Å². The maximum Gasteiger partial charge on any atom is 0.573 e. The van der Waals surface area contributed by atoms with E-state index in [9.17, 15) is 18.0 Å². The van der Waals surface area contributed by atoms with Crippen LogP contribution in [0.3, 0.4) is 0 Å². The Morgan fingerprint density at radius 3 is 2.84 bits per heavy atom. The van der Waals surface area contributed by atoms with Crippen LogP contribution < -0.4 is 20.5 Å². The van der Waals surface area contributed by atoms with Gasteiger partial charge >= 0.3 is 12.4 Å². The molecule has 0 unspecified atom stereocenters. The molecule has 1 aromatic carbocycles. The van der Waals surface area contributed by atoms with Crippen molar-refractivity contribution >= 4 is 6.03 Å². The van der Waals surface area contributed by atoms with Crippen molar-refractivity contribution in [2.45, 2.75) is 18.8 Å². The Hall–Kier alpha value is -2.12. The first-order valence-corrected chi connectivity index (χ1v) is 5.43. The summed E-state index contributed by atoms with van der Waals surface area (Å²) in [5.41, 5.74) is 5.60. The largest absolute Gasteiger partial charge is 0.573 e. The van der Waals surface area contributed by atoms with E-state index in [0.717, 1.165) is 12.1 Å². The number of carbonyl (C=O) groups excluding carboxylic acids is 1. The third-order valence-corrected chi connectivity index (χ3v) is 2.57. The molecule has 2 amide bonds. The summed E-state index contributed by atoms with van der Waals surface area (Å²) in [6, 6.07) is 2.64. The van der Waals surface area contributed by atoms with Crippen LogP contribution in [0, 0.1) is 0 Å². The van der Waals surface area contributed by atoms with Gasteiger partial charge < -0.3 is 20.5 Å². The van der Waals surface area contributed by atoms with E-state index in [2.05, 4.69) is 10.1 Å². The molecule has 1 aliphatic rings. The molecule has 3 N–H and O–H groups in total. The summed E-state index contributed by atoms with van der Waals surface area (Å²) in [6.07, 6.45) is -4.26. The Morgan fingerprint density at radius 1 is 1.47 bits per heavy atom. The monoisotopic (exact) mass is 276 g/mol. The average molecular weight is 276 g/mol. The van der Waals surface area contributed by atoms with Crippen LogP contribution in [0.15, 0.2) is 18.2 Å². The fourth-order valence-corrected chi connectivity index (χ4v) is 1.89. The van der Waals surface area contributed by atoms with Gasteiger partial charge in [-0.2, -0.15) is 0 Å². The fraction of sp³-hybridized carbons (Fsp3) is 0.364. The summed E-state index contributed by atoms with van der Waals surface area (Å²) >= 11 is 0. The third-order valence-electron chi connectivity index (χ3n) is 2.57. The minimum atomic E-state index is -4.76. The van der Waals surface area contributed by atoms with E-state index in [1.807, 2.05) is 0 Å². The lowest BCUT2D eigenvalue weighted by atomic mass is 10.0. The van der Waals surface area contributed by atoms with Crippen molar-refractivity contribution in [3.05, 3.63) is 23.8 Å². The van der Waals surface area contributed by atoms with Gasteiger partial charge in [-0.15, -0.1) is 13.2 Å². The fourth-order valence-electron chi connectivity index (χ4n) is 1.89. The summed E-state index contributed by atoms with van der Waals surface area (Å²) in [6.45, 7) is 0.271. The number of carbonyl (C=O) groups is 1. The highest BCUT2D eigenvalue weighted by atomic mass is 19.4. The van der Waals surface area contributed by atoms with E-state index in [1.165, 1.54) is 6.07 Å². The molecule has 0 aliphatic carbocycles. The van der Waals surface area contributed by atoms with E-state index in [1.54, 1.807) is 0 Å². The Morgan fingerprint density at radius 2 is 2.21 bits per heavy atom. The molecule has 19 heavy (non-hydrogen) atoms. The number of primary amides is 1. The van der Waals surface area contributed by atoms with Crippen LogP contribution in [0.25, 0.3) is 0 Å². The third kappa shape index (κ3) is 3.43. The Balaban J connectivity index is 2.23. The van der Waals surface area contributed by atoms with Crippen molar-refractivity contribution in [3.63, 3.8) is 0 Å². The van der Waals surface area contributed by atoms with Gasteiger partial charge in [-0.1, -0.05) is 0 Å². The van der Waals surface area contributed by atoms with Gasteiger partial charge in [0.15, 0.2) is 0 Å². The van der Waals surface area contributed by atoms with E-state index >= 15 is 0 Å². The van der Waals surface area contributed by atoms with Gasteiger partial charge in [0.2, 0.25) is 0 Å². The zero-order valence-corrected chi connectivity index (χ0v) is 9.66. The Bertz CT molecular complexity index is 491. The van der Waals surface area contributed by atoms with Gasteiger partial charge in [0, 0.05) is 18.1 Å². The highest BCUT2D eigenvalue weighted by Gasteiger charge is 2.32. The van der Waals surface area contributed by atoms with Gasteiger partial charge in [0.05, 0.1) is 12.6 Å². The number of nitrogens with two attached hydrogens (primary N) is 1. The highest BCUT2D eigenvalue weighted by Crippen LogP contribution is 2.36. The first kappa shape index (κ1) is 13.3. The van der Waals surface area contributed by atoms with E-state index in [0.29, 0.717) is 12.0 Å². The number of nitrogens with one attached hydrogen (secondary N) is 1. The van der Waals surface area contributed by atoms with Crippen molar-refractivity contribution in [2.24, 2.45) is 5.73 Å². The molecule has 0 radical (unpaired) electrons. The number of ether oxygens (including phenoxy) is 2. The Kier molecular flexibility index (Phi) is 3.41. The van der Waals surface area contributed by atoms with E-state index in [-0.39, 0.29) is 24.1 Å². The summed E-state index contributed by atoms with van der Waals surface area (Å²) in [5, 5.41) is 2.50. The molecule has 1 aliphatic heterocycles. The first-order chi connectivity index (χ1) is 8.85. The molecule has 8 heteroatoms. The van der Waals surface area contributed by atoms with Crippen LogP contribution in [0.2, 0.25) is 0 Å². The lowest BCUT2D eigenvalue weighted by molar-refractivity contribution is -0.274. The molecule has 0 saturated carbocycles. The molecule has 1 atom stereocenters. The number of halogens is 3. The summed E-state index contributed by atoms with van der Waals surface area (Å²) in [4.78, 5) is 10.8. The van der Waals surface area contributed by atoms with E-state index in [4.69, 9.17) is 10.5 Å². The topological polar surface area (TPSA) is 73.6 Å². The minimum absolute atomic E-state index is 0.242. The molecular formula is C11H11F3N2O3. The van der Waals surface area contributed by atoms with Crippen LogP contribution in [0.5, 0.6) is 11.5 Å². The standard InChI is InChI=1S/C11H11F3N2O3/c12-11(13,14)19-6-1-2-7-8(16-10(15)17)3-4-18-9(7)5-6/h1-2,5,8H,3-4H2,(H3,15,16,17)/t8-/m0/s1. The number of amides is 2. The van der Waals surface area contributed by atoms with Crippen molar-refractivity contribution in [2.75, 3.05) is 6.61 Å². The predicted octanol–water partition coefficient (Wildman–Crippen LogP) is 2.08. The molecule has 1 heterocycles. The molecule has 1 aromatic rings. The second kappa shape index (κ2) is 4.87. The van der Waals surface area contributed by atoms with Crippen LogP contribution in [0.4, 0.5) is 18.0 Å². The first-order valence-electron chi connectivity index (χ1n) is 5.43. The zero-order chi connectivity index (χ0) is 14.0. The van der Waals surface area contributed by atoms with Gasteiger partial charge in [0.1, 0.15) is 11.5 Å². The quantitative estimate of drug-likeness (QED) is 0.868. The van der Waals surface area contributed by atoms with Gasteiger partial charge in [-0.05, 0) is 12.1 Å². The average Bonchev–Trinajstić information content (AvgIpc) is 2.26. The molecule has 2 rings (SSSR count). The van der Waals surface area contributed by atoms with E-state index < -0.39 is 12.4 Å². The summed E-state index contributed by atoms with van der Waals surface area (Å²) in [5.74, 6) is -0.127. The molecule has 0 spiro atoms. The molecule has 5 nitrogen and oxygen atoms in total. The number of benzene rings is 1. The molecule has 0 aromatic heterocycles. The predicted molar refractivity (Wildman–Crippen MR) is 58.7 cm³/mol. The summed E-state index contributed by atoms with van der Waals surface area (Å²) < 4.78 is 45.3. The van der Waals surface area contributed by atoms with Crippen molar-refractivity contribution in [1.82, 2.24) is 5.32 Å². The van der Waals surface area contributed by atoms with Crippen molar-refractivity contribution < 1.29 is 27.4 Å². The number of rotatable bonds is 2. The highest BCUT2D eigenvalue weighted by molar-refractivity contribution is 5.72. The van der Waals surface area contributed by atoms with Gasteiger partial charge in [-0.3, -0.25) is 0 Å². The molecule has 0 fully saturated rings. The lowest BCUT2D eigenvalue weighted by Crippen LogP contribution is -2.35. The number of fused-ring (bicyclic) bond motifs is 1. The van der Waals surface area contributed by atoms with Crippen LogP contribution in [-0.4, -0.2) is 19.0 Å². The smallest absolute Gasteiger partial charge is 0.493 e. The van der Waals surface area contributed by atoms with Crippen molar-refractivity contribution in [1.29, 1.82) is 0 Å². The number of urea groups is 1. The molecular weight excluding hydrogens is 265 g/mol.